The van der Waals surface area contributed by atoms with Gasteiger partial charge in [0.05, 0.1) is 0 Å². The van der Waals surface area contributed by atoms with Gasteiger partial charge < -0.3 is 15.7 Å². The SMILES string of the molecule is CCCC[C@H](NC(=O)c1cccc2c1CCNC2)C(=O)O. The van der Waals surface area contributed by atoms with Gasteiger partial charge in [0.15, 0.2) is 0 Å². The van der Waals surface area contributed by atoms with Crippen LogP contribution in [0.25, 0.3) is 0 Å². The molecule has 21 heavy (non-hydrogen) atoms. The van der Waals surface area contributed by atoms with Crippen molar-refractivity contribution in [2.75, 3.05) is 6.54 Å². The molecule has 0 radical (unpaired) electrons. The number of amides is 1. The highest BCUT2D eigenvalue weighted by atomic mass is 16.4. The number of benzene rings is 1. The van der Waals surface area contributed by atoms with Crippen molar-refractivity contribution >= 4 is 11.9 Å². The minimum absolute atomic E-state index is 0.280. The van der Waals surface area contributed by atoms with Gasteiger partial charge >= 0.3 is 5.97 Å². The zero-order valence-electron chi connectivity index (χ0n) is 12.3. The Morgan fingerprint density at radius 1 is 1.43 bits per heavy atom. The normalized spacial score (nSPS) is 15.1. The van der Waals surface area contributed by atoms with E-state index in [9.17, 15) is 14.7 Å². The van der Waals surface area contributed by atoms with Crippen molar-refractivity contribution in [3.63, 3.8) is 0 Å². The molecule has 114 valence electrons. The first-order valence-corrected chi connectivity index (χ1v) is 7.48. The summed E-state index contributed by atoms with van der Waals surface area (Å²) in [4.78, 5) is 23.6. The molecule has 0 aromatic heterocycles. The molecule has 0 unspecified atom stereocenters. The summed E-state index contributed by atoms with van der Waals surface area (Å²) in [5.41, 5.74) is 2.76. The van der Waals surface area contributed by atoms with Crippen LogP contribution in [0.5, 0.6) is 0 Å². The van der Waals surface area contributed by atoms with E-state index in [1.807, 2.05) is 19.1 Å². The molecule has 3 N–H and O–H groups in total. The molecule has 5 nitrogen and oxygen atoms in total. The van der Waals surface area contributed by atoms with Crippen LogP contribution < -0.4 is 10.6 Å². The van der Waals surface area contributed by atoms with Crippen LogP contribution >= 0.6 is 0 Å². The minimum Gasteiger partial charge on any atom is -0.480 e. The molecule has 1 amide bonds. The van der Waals surface area contributed by atoms with E-state index in [1.165, 1.54) is 0 Å². The monoisotopic (exact) mass is 290 g/mol. The van der Waals surface area contributed by atoms with Gasteiger partial charge in [-0.05, 0) is 36.6 Å². The lowest BCUT2D eigenvalue weighted by Crippen LogP contribution is -2.41. The number of hydrogen-bond donors (Lipinski definition) is 3. The third kappa shape index (κ3) is 3.82. The molecule has 1 heterocycles. The standard InChI is InChI=1S/C16H22N2O3/c1-2-3-7-14(16(20)21)18-15(19)13-6-4-5-11-10-17-9-8-12(11)13/h4-6,14,17H,2-3,7-10H2,1H3,(H,18,19)(H,20,21)/t14-/m0/s1. The number of carboxylic acids is 1. The van der Waals surface area contributed by atoms with Crippen LogP contribution in [0.15, 0.2) is 18.2 Å². The third-order valence-corrected chi connectivity index (χ3v) is 3.83. The molecule has 0 saturated heterocycles. The predicted octanol–water partition coefficient (Wildman–Crippen LogP) is 1.71. The second kappa shape index (κ2) is 7.22. The summed E-state index contributed by atoms with van der Waals surface area (Å²) in [5.74, 6) is -1.25. The van der Waals surface area contributed by atoms with Gasteiger partial charge in [0, 0.05) is 12.1 Å². The number of unbranched alkanes of at least 4 members (excludes halogenated alkanes) is 1. The van der Waals surface area contributed by atoms with Crippen molar-refractivity contribution in [2.24, 2.45) is 0 Å². The maximum absolute atomic E-state index is 12.4. The maximum Gasteiger partial charge on any atom is 0.326 e. The Kier molecular flexibility index (Phi) is 5.33. The van der Waals surface area contributed by atoms with Crippen molar-refractivity contribution < 1.29 is 14.7 Å². The molecule has 0 saturated carbocycles. The molecule has 1 aromatic carbocycles. The molecular formula is C16H22N2O3. The summed E-state index contributed by atoms with van der Waals surface area (Å²) < 4.78 is 0. The van der Waals surface area contributed by atoms with Crippen molar-refractivity contribution in [1.82, 2.24) is 10.6 Å². The predicted molar refractivity (Wildman–Crippen MR) is 80.3 cm³/mol. The van der Waals surface area contributed by atoms with E-state index in [0.717, 1.165) is 43.5 Å². The number of hydrogen-bond acceptors (Lipinski definition) is 3. The van der Waals surface area contributed by atoms with E-state index in [1.54, 1.807) is 6.07 Å². The van der Waals surface area contributed by atoms with Gasteiger partial charge in [0.25, 0.3) is 5.91 Å². The highest BCUT2D eigenvalue weighted by molar-refractivity contribution is 5.98. The van der Waals surface area contributed by atoms with Gasteiger partial charge in [-0.15, -0.1) is 0 Å². The van der Waals surface area contributed by atoms with Gasteiger partial charge in [-0.1, -0.05) is 31.9 Å². The van der Waals surface area contributed by atoms with Crippen LogP contribution in [0, 0.1) is 0 Å². The topological polar surface area (TPSA) is 78.4 Å². The third-order valence-electron chi connectivity index (χ3n) is 3.83. The van der Waals surface area contributed by atoms with Crippen molar-refractivity contribution in [3.05, 3.63) is 34.9 Å². The highest BCUT2D eigenvalue weighted by Crippen LogP contribution is 2.19. The fourth-order valence-electron chi connectivity index (χ4n) is 2.65. The van der Waals surface area contributed by atoms with Gasteiger partial charge in [-0.3, -0.25) is 4.79 Å². The molecule has 1 aliphatic rings. The van der Waals surface area contributed by atoms with Gasteiger partial charge in [0.1, 0.15) is 6.04 Å². The summed E-state index contributed by atoms with van der Waals surface area (Å²) in [7, 11) is 0. The number of carbonyl (C=O) groups is 2. The van der Waals surface area contributed by atoms with Crippen LogP contribution in [0.2, 0.25) is 0 Å². The maximum atomic E-state index is 12.4. The van der Waals surface area contributed by atoms with E-state index in [2.05, 4.69) is 10.6 Å². The number of rotatable bonds is 6. The van der Waals surface area contributed by atoms with Gasteiger partial charge in [-0.25, -0.2) is 4.79 Å². The molecule has 1 atom stereocenters. The van der Waals surface area contributed by atoms with Crippen molar-refractivity contribution in [1.29, 1.82) is 0 Å². The first kappa shape index (κ1) is 15.5. The molecule has 0 spiro atoms. The molecule has 0 bridgehead atoms. The van der Waals surface area contributed by atoms with Crippen molar-refractivity contribution in [3.8, 4) is 0 Å². The largest absolute Gasteiger partial charge is 0.480 e. The minimum atomic E-state index is -0.969. The Labute approximate surface area is 124 Å². The molecule has 0 fully saturated rings. The molecule has 1 aliphatic heterocycles. The lowest BCUT2D eigenvalue weighted by Gasteiger charge is -2.21. The molecule has 2 rings (SSSR count). The van der Waals surface area contributed by atoms with Gasteiger partial charge in [0.2, 0.25) is 0 Å². The zero-order chi connectivity index (χ0) is 15.2. The number of aliphatic carboxylic acids is 1. The highest BCUT2D eigenvalue weighted by Gasteiger charge is 2.23. The van der Waals surface area contributed by atoms with E-state index in [-0.39, 0.29) is 5.91 Å². The Morgan fingerprint density at radius 3 is 2.95 bits per heavy atom. The average molecular weight is 290 g/mol. The Balaban J connectivity index is 2.14. The number of fused-ring (bicyclic) bond motifs is 1. The second-order valence-electron chi connectivity index (χ2n) is 5.38. The fourth-order valence-corrected chi connectivity index (χ4v) is 2.65. The van der Waals surface area contributed by atoms with Crippen molar-refractivity contribution in [2.45, 2.75) is 45.2 Å². The number of carboxylic acid groups (broad SMARTS) is 1. The van der Waals surface area contributed by atoms with Crippen LogP contribution in [0.4, 0.5) is 0 Å². The summed E-state index contributed by atoms with van der Waals surface area (Å²) >= 11 is 0. The quantitative estimate of drug-likeness (QED) is 0.745. The zero-order valence-corrected chi connectivity index (χ0v) is 12.3. The first-order valence-electron chi connectivity index (χ1n) is 7.48. The molecular weight excluding hydrogens is 268 g/mol. The van der Waals surface area contributed by atoms with Gasteiger partial charge in [-0.2, -0.15) is 0 Å². The smallest absolute Gasteiger partial charge is 0.326 e. The van der Waals surface area contributed by atoms with Crippen LogP contribution in [-0.2, 0) is 17.8 Å². The summed E-state index contributed by atoms with van der Waals surface area (Å²) in [5, 5.41) is 15.1. The Morgan fingerprint density at radius 2 is 2.24 bits per heavy atom. The second-order valence-corrected chi connectivity index (χ2v) is 5.38. The Bertz CT molecular complexity index is 528. The summed E-state index contributed by atoms with van der Waals surface area (Å²) in [6.45, 7) is 3.60. The van der Waals surface area contributed by atoms with E-state index in [0.29, 0.717) is 12.0 Å². The van der Waals surface area contributed by atoms with Crippen LogP contribution in [-0.4, -0.2) is 29.6 Å². The summed E-state index contributed by atoms with van der Waals surface area (Å²) in [6, 6.07) is 4.82. The van der Waals surface area contributed by atoms with E-state index in [4.69, 9.17) is 0 Å². The molecule has 5 heteroatoms. The average Bonchev–Trinajstić information content (AvgIpc) is 2.50. The molecule has 0 aliphatic carbocycles. The lowest BCUT2D eigenvalue weighted by molar-refractivity contribution is -0.139. The number of nitrogens with one attached hydrogen (secondary N) is 2. The van der Waals surface area contributed by atoms with E-state index < -0.39 is 12.0 Å². The summed E-state index contributed by atoms with van der Waals surface area (Å²) in [6.07, 6.45) is 2.96. The van der Waals surface area contributed by atoms with Crippen LogP contribution in [0.3, 0.4) is 0 Å². The van der Waals surface area contributed by atoms with E-state index >= 15 is 0 Å². The van der Waals surface area contributed by atoms with Crippen LogP contribution in [0.1, 0.15) is 47.7 Å². The number of carbonyl (C=O) groups excluding carboxylic acids is 1. The lowest BCUT2D eigenvalue weighted by atomic mass is 9.95. The fraction of sp³-hybridized carbons (Fsp3) is 0.500. The molecule has 1 aromatic rings. The first-order chi connectivity index (χ1) is 10.1. The Hall–Kier alpha value is -1.88.